The van der Waals surface area contributed by atoms with Gasteiger partial charge in [-0.25, -0.2) is 0 Å². The summed E-state index contributed by atoms with van der Waals surface area (Å²) in [5.41, 5.74) is 5.71. The normalized spacial score (nSPS) is 11.4. The van der Waals surface area contributed by atoms with Gasteiger partial charge in [0.25, 0.3) is 0 Å². The molecule has 0 heterocycles. The second-order valence-corrected chi connectivity index (χ2v) is 5.52. The molecule has 24 heavy (non-hydrogen) atoms. The minimum absolute atomic E-state index is 0.781. The molecule has 0 saturated heterocycles. The van der Waals surface area contributed by atoms with Crippen molar-refractivity contribution in [2.24, 2.45) is 20.5 Å². The summed E-state index contributed by atoms with van der Waals surface area (Å²) in [7, 11) is 0. The molecule has 0 saturated carbocycles. The number of nitrogens with zero attached hydrogens (tertiary/aromatic N) is 4. The minimum Gasteiger partial charge on any atom is -0.151 e. The van der Waals surface area contributed by atoms with Crippen LogP contribution in [0.5, 0.6) is 0 Å². The molecule has 118 valence electrons. The summed E-state index contributed by atoms with van der Waals surface area (Å²) in [6.45, 7) is 4.15. The molecule has 4 heteroatoms. The molecule has 0 unspecified atom stereocenters. The monoisotopic (exact) mass is 314 g/mol. The van der Waals surface area contributed by atoms with Crippen LogP contribution in [0.3, 0.4) is 0 Å². The lowest BCUT2D eigenvalue weighted by molar-refractivity contribution is 1.20. The van der Waals surface area contributed by atoms with E-state index in [1.165, 1.54) is 11.1 Å². The van der Waals surface area contributed by atoms with Crippen molar-refractivity contribution < 1.29 is 0 Å². The predicted molar refractivity (Wildman–Crippen MR) is 97.2 cm³/mol. The Labute approximate surface area is 141 Å². The second-order valence-electron chi connectivity index (χ2n) is 5.52. The van der Waals surface area contributed by atoms with E-state index in [2.05, 4.69) is 40.4 Å². The quantitative estimate of drug-likeness (QED) is 0.460. The van der Waals surface area contributed by atoms with Crippen molar-refractivity contribution in [3.8, 4) is 0 Å². The van der Waals surface area contributed by atoms with Gasteiger partial charge in [-0.1, -0.05) is 24.3 Å². The summed E-state index contributed by atoms with van der Waals surface area (Å²) in [6.07, 6.45) is 0. The van der Waals surface area contributed by atoms with E-state index in [1.807, 2.05) is 66.7 Å². The van der Waals surface area contributed by atoms with Gasteiger partial charge in [0, 0.05) is 0 Å². The van der Waals surface area contributed by atoms with E-state index in [4.69, 9.17) is 0 Å². The molecule has 0 bridgehead atoms. The number of azo groups is 2. The average Bonchev–Trinajstić information content (AvgIpc) is 2.63. The van der Waals surface area contributed by atoms with Crippen LogP contribution in [0.4, 0.5) is 22.7 Å². The third kappa shape index (κ3) is 4.20. The molecule has 0 aliphatic rings. The molecule has 4 nitrogen and oxygen atoms in total. The van der Waals surface area contributed by atoms with Crippen molar-refractivity contribution in [2.75, 3.05) is 0 Å². The van der Waals surface area contributed by atoms with E-state index >= 15 is 0 Å². The fraction of sp³-hybridized carbons (Fsp3) is 0.100. The molecular weight excluding hydrogens is 296 g/mol. The number of benzene rings is 3. The Morgan fingerprint density at radius 2 is 0.917 bits per heavy atom. The van der Waals surface area contributed by atoms with Crippen molar-refractivity contribution in [3.63, 3.8) is 0 Å². The van der Waals surface area contributed by atoms with Crippen molar-refractivity contribution in [2.45, 2.75) is 13.8 Å². The number of hydrogen-bond donors (Lipinski definition) is 0. The van der Waals surface area contributed by atoms with Gasteiger partial charge in [0.2, 0.25) is 0 Å². The highest BCUT2D eigenvalue weighted by molar-refractivity contribution is 5.48. The van der Waals surface area contributed by atoms with Gasteiger partial charge in [-0.3, -0.25) is 0 Å². The fourth-order valence-electron chi connectivity index (χ4n) is 2.10. The molecule has 0 aromatic heterocycles. The highest BCUT2D eigenvalue weighted by atomic mass is 15.1. The van der Waals surface area contributed by atoms with E-state index < -0.39 is 0 Å². The zero-order valence-corrected chi connectivity index (χ0v) is 13.7. The third-order valence-electron chi connectivity index (χ3n) is 3.66. The predicted octanol–water partition coefficient (Wildman–Crippen LogP) is 7.13. The lowest BCUT2D eigenvalue weighted by Gasteiger charge is -1.99. The van der Waals surface area contributed by atoms with Gasteiger partial charge in [-0.15, -0.1) is 0 Å². The van der Waals surface area contributed by atoms with E-state index in [9.17, 15) is 0 Å². The first-order chi connectivity index (χ1) is 11.7. The van der Waals surface area contributed by atoms with Crippen LogP contribution in [0, 0.1) is 13.8 Å². The van der Waals surface area contributed by atoms with Crippen LogP contribution in [-0.4, -0.2) is 0 Å². The van der Waals surface area contributed by atoms with E-state index in [0.29, 0.717) is 0 Å². The van der Waals surface area contributed by atoms with Crippen molar-refractivity contribution in [1.82, 2.24) is 0 Å². The Kier molecular flexibility index (Phi) is 4.87. The summed E-state index contributed by atoms with van der Waals surface area (Å²) in [4.78, 5) is 0. The summed E-state index contributed by atoms with van der Waals surface area (Å²) in [6, 6.07) is 23.2. The highest BCUT2D eigenvalue weighted by Gasteiger charge is 1.96. The molecule has 0 N–H and O–H groups in total. The van der Waals surface area contributed by atoms with Crippen LogP contribution < -0.4 is 0 Å². The number of aryl methyl sites for hydroxylation is 2. The van der Waals surface area contributed by atoms with Gasteiger partial charge in [-0.2, -0.15) is 20.5 Å². The summed E-state index contributed by atoms with van der Waals surface area (Å²) in [5, 5.41) is 16.9. The van der Waals surface area contributed by atoms with E-state index in [1.54, 1.807) is 0 Å². The first-order valence-electron chi connectivity index (χ1n) is 7.76. The zero-order valence-electron chi connectivity index (χ0n) is 13.7. The highest BCUT2D eigenvalue weighted by Crippen LogP contribution is 2.24. The summed E-state index contributed by atoms with van der Waals surface area (Å²) >= 11 is 0. The molecule has 3 aromatic rings. The summed E-state index contributed by atoms with van der Waals surface area (Å²) in [5.74, 6) is 0. The molecule has 3 rings (SSSR count). The largest absolute Gasteiger partial charge is 0.151 e. The van der Waals surface area contributed by atoms with Crippen LogP contribution in [0.2, 0.25) is 0 Å². The Balaban J connectivity index is 1.69. The van der Waals surface area contributed by atoms with Crippen molar-refractivity contribution >= 4 is 22.7 Å². The van der Waals surface area contributed by atoms with Crippen LogP contribution in [0.1, 0.15) is 11.1 Å². The molecule has 0 aliphatic heterocycles. The molecule has 3 aromatic carbocycles. The molecule has 0 amide bonds. The molecular formula is C20H18N4. The van der Waals surface area contributed by atoms with Crippen LogP contribution >= 0.6 is 0 Å². The van der Waals surface area contributed by atoms with Gasteiger partial charge in [0.1, 0.15) is 0 Å². The minimum atomic E-state index is 0.781. The Morgan fingerprint density at radius 1 is 0.458 bits per heavy atom. The van der Waals surface area contributed by atoms with E-state index in [-0.39, 0.29) is 0 Å². The molecule has 0 radical (unpaired) electrons. The maximum Gasteiger partial charge on any atom is 0.0859 e. The second kappa shape index (κ2) is 7.42. The Hall–Kier alpha value is -3.14. The first kappa shape index (κ1) is 15.7. The first-order valence-corrected chi connectivity index (χ1v) is 7.76. The smallest absolute Gasteiger partial charge is 0.0859 e. The van der Waals surface area contributed by atoms with E-state index in [0.717, 1.165) is 22.7 Å². The Morgan fingerprint density at radius 3 is 1.46 bits per heavy atom. The van der Waals surface area contributed by atoms with Crippen LogP contribution in [0.15, 0.2) is 93.3 Å². The fourth-order valence-corrected chi connectivity index (χ4v) is 2.10. The van der Waals surface area contributed by atoms with Gasteiger partial charge in [-0.05, 0) is 73.5 Å². The maximum absolute atomic E-state index is 4.27. The Bertz CT molecular complexity index is 866. The number of hydrogen-bond acceptors (Lipinski definition) is 4. The molecule has 0 fully saturated rings. The molecule has 0 aliphatic carbocycles. The standard InChI is InChI=1S/C20H18N4/c1-15-8-9-20(14-16(15)2)24-23-19-12-10-18(11-13-19)22-21-17-6-4-3-5-7-17/h3-14H,1-2H3. The SMILES string of the molecule is Cc1ccc(N=Nc2ccc(N=Nc3ccccc3)cc2)cc1C. The van der Waals surface area contributed by atoms with Crippen LogP contribution in [0.25, 0.3) is 0 Å². The molecule has 0 spiro atoms. The van der Waals surface area contributed by atoms with Gasteiger partial charge >= 0.3 is 0 Å². The van der Waals surface area contributed by atoms with Gasteiger partial charge in [0.15, 0.2) is 0 Å². The average molecular weight is 314 g/mol. The third-order valence-corrected chi connectivity index (χ3v) is 3.66. The molecule has 0 atom stereocenters. The van der Waals surface area contributed by atoms with Crippen LogP contribution in [-0.2, 0) is 0 Å². The van der Waals surface area contributed by atoms with Crippen molar-refractivity contribution in [3.05, 3.63) is 83.9 Å². The van der Waals surface area contributed by atoms with Gasteiger partial charge in [0.05, 0.1) is 22.7 Å². The lowest BCUT2D eigenvalue weighted by atomic mass is 10.1. The number of rotatable bonds is 4. The zero-order chi connectivity index (χ0) is 16.8. The van der Waals surface area contributed by atoms with Crippen molar-refractivity contribution in [1.29, 1.82) is 0 Å². The lowest BCUT2D eigenvalue weighted by Crippen LogP contribution is -1.77. The summed E-state index contributed by atoms with van der Waals surface area (Å²) < 4.78 is 0. The topological polar surface area (TPSA) is 49.4 Å². The maximum atomic E-state index is 4.27. The van der Waals surface area contributed by atoms with Gasteiger partial charge < -0.3 is 0 Å².